The first-order valence-electron chi connectivity index (χ1n) is 9.13. The van der Waals surface area contributed by atoms with Crippen molar-refractivity contribution >= 4 is 22.4 Å². The first-order valence-corrected chi connectivity index (χ1v) is 9.13. The van der Waals surface area contributed by atoms with E-state index in [0.717, 1.165) is 48.3 Å². The Morgan fingerprint density at radius 3 is 2.58 bits per heavy atom. The van der Waals surface area contributed by atoms with E-state index in [1.54, 1.807) is 6.07 Å². The van der Waals surface area contributed by atoms with Crippen LogP contribution in [0.5, 0.6) is 5.75 Å². The number of aromatic amines is 1. The molecule has 5 nitrogen and oxygen atoms in total. The molecule has 1 atom stereocenters. The maximum atomic E-state index is 13.0. The standard InChI is InChI=1S/C21H23N3O2/c1-15(21(26)17-14-22-18-7-3-2-6-16(17)18)23-10-12-24(13-11-23)19-8-4-5-9-20(19)25/h2-9,14-15,22,25H,10-13H2,1H3/p+1/t15-/m0/s1. The number of phenols is 1. The molecule has 0 bridgehead atoms. The number of aromatic hydroxyl groups is 1. The molecule has 1 aliphatic rings. The van der Waals surface area contributed by atoms with Crippen LogP contribution in [0.2, 0.25) is 0 Å². The number of fused-ring (bicyclic) bond motifs is 1. The number of quaternary nitrogens is 1. The Labute approximate surface area is 152 Å². The van der Waals surface area contributed by atoms with E-state index in [9.17, 15) is 9.90 Å². The molecule has 1 aromatic heterocycles. The Morgan fingerprint density at radius 1 is 1.12 bits per heavy atom. The van der Waals surface area contributed by atoms with Crippen LogP contribution >= 0.6 is 0 Å². The number of ketones is 1. The highest BCUT2D eigenvalue weighted by molar-refractivity contribution is 6.09. The van der Waals surface area contributed by atoms with Gasteiger partial charge in [0.15, 0.2) is 0 Å². The second kappa shape index (κ2) is 6.84. The minimum atomic E-state index is -0.0827. The van der Waals surface area contributed by atoms with Gasteiger partial charge in [-0.1, -0.05) is 30.3 Å². The molecule has 3 N–H and O–H groups in total. The molecule has 4 rings (SSSR count). The van der Waals surface area contributed by atoms with Crippen LogP contribution in [0.1, 0.15) is 17.3 Å². The minimum absolute atomic E-state index is 0.0827. The molecule has 2 aromatic carbocycles. The summed E-state index contributed by atoms with van der Waals surface area (Å²) in [6.07, 6.45) is 1.83. The molecular formula is C21H24N3O2+. The lowest BCUT2D eigenvalue weighted by Crippen LogP contribution is -3.18. The van der Waals surface area contributed by atoms with E-state index in [2.05, 4.69) is 9.88 Å². The Bertz CT molecular complexity index is 926. The van der Waals surface area contributed by atoms with Crippen LogP contribution in [0.15, 0.2) is 54.7 Å². The average molecular weight is 350 g/mol. The van der Waals surface area contributed by atoms with E-state index in [1.807, 2.05) is 55.6 Å². The second-order valence-corrected chi connectivity index (χ2v) is 6.97. The molecule has 1 saturated heterocycles. The van der Waals surface area contributed by atoms with Gasteiger partial charge in [-0.3, -0.25) is 4.79 Å². The summed E-state index contributed by atoms with van der Waals surface area (Å²) in [4.78, 5) is 19.7. The van der Waals surface area contributed by atoms with Gasteiger partial charge in [0, 0.05) is 22.7 Å². The molecule has 0 unspecified atom stereocenters. The third-order valence-electron chi connectivity index (χ3n) is 5.49. The summed E-state index contributed by atoms with van der Waals surface area (Å²) in [6.45, 7) is 5.44. The number of aromatic nitrogens is 1. The molecule has 0 saturated carbocycles. The zero-order valence-electron chi connectivity index (χ0n) is 14.9. The van der Waals surface area contributed by atoms with Gasteiger partial charge in [-0.2, -0.15) is 0 Å². The van der Waals surface area contributed by atoms with E-state index in [4.69, 9.17) is 0 Å². The van der Waals surface area contributed by atoms with Crippen molar-refractivity contribution in [2.75, 3.05) is 31.1 Å². The molecule has 1 fully saturated rings. The number of nitrogens with one attached hydrogen (secondary N) is 2. The summed E-state index contributed by atoms with van der Waals surface area (Å²) < 4.78 is 0. The van der Waals surface area contributed by atoms with E-state index >= 15 is 0 Å². The lowest BCUT2D eigenvalue weighted by Gasteiger charge is -2.36. The number of benzene rings is 2. The first-order chi connectivity index (χ1) is 12.6. The number of H-pyrrole nitrogens is 1. The number of carbonyl (C=O) groups is 1. The van der Waals surface area contributed by atoms with Crippen LogP contribution < -0.4 is 9.80 Å². The topological polar surface area (TPSA) is 60.8 Å². The highest BCUT2D eigenvalue weighted by Crippen LogP contribution is 2.26. The van der Waals surface area contributed by atoms with E-state index in [0.29, 0.717) is 5.75 Å². The van der Waals surface area contributed by atoms with Gasteiger partial charge < -0.3 is 19.9 Å². The Morgan fingerprint density at radius 2 is 1.81 bits per heavy atom. The Kier molecular flexibility index (Phi) is 4.39. The van der Waals surface area contributed by atoms with Gasteiger partial charge in [0.2, 0.25) is 5.78 Å². The summed E-state index contributed by atoms with van der Waals surface area (Å²) in [5, 5.41) is 11.0. The van der Waals surface area contributed by atoms with Gasteiger partial charge in [-0.15, -0.1) is 0 Å². The highest BCUT2D eigenvalue weighted by Gasteiger charge is 2.31. The lowest BCUT2D eigenvalue weighted by molar-refractivity contribution is -0.914. The third-order valence-corrected chi connectivity index (χ3v) is 5.49. The van der Waals surface area contributed by atoms with Crippen molar-refractivity contribution in [3.05, 3.63) is 60.3 Å². The van der Waals surface area contributed by atoms with Gasteiger partial charge in [-0.05, 0) is 25.1 Å². The Balaban J connectivity index is 1.46. The normalized spacial score (nSPS) is 16.7. The minimum Gasteiger partial charge on any atom is -0.506 e. The molecule has 0 spiro atoms. The van der Waals surface area contributed by atoms with E-state index in [1.165, 1.54) is 4.90 Å². The molecule has 0 aliphatic carbocycles. The predicted octanol–water partition coefficient (Wildman–Crippen LogP) is 1.85. The van der Waals surface area contributed by atoms with Crippen LogP contribution in [0.25, 0.3) is 10.9 Å². The van der Waals surface area contributed by atoms with Crippen LogP contribution in [-0.2, 0) is 0 Å². The van der Waals surface area contributed by atoms with Crippen molar-refractivity contribution in [1.82, 2.24) is 4.98 Å². The van der Waals surface area contributed by atoms with Gasteiger partial charge >= 0.3 is 0 Å². The van der Waals surface area contributed by atoms with Crippen LogP contribution in [-0.4, -0.2) is 48.1 Å². The van der Waals surface area contributed by atoms with E-state index < -0.39 is 0 Å². The molecule has 3 aromatic rings. The zero-order chi connectivity index (χ0) is 18.1. The summed E-state index contributed by atoms with van der Waals surface area (Å²) in [6, 6.07) is 15.3. The smallest absolute Gasteiger partial charge is 0.221 e. The fraction of sp³-hybridized carbons (Fsp3) is 0.286. The SMILES string of the molecule is C[C@@H](C(=O)c1c[nH]c2ccccc12)[NH+]1CCN(c2ccccc2O)CC1. The maximum absolute atomic E-state index is 13.0. The van der Waals surface area contributed by atoms with Crippen molar-refractivity contribution < 1.29 is 14.8 Å². The summed E-state index contributed by atoms with van der Waals surface area (Å²) in [5.74, 6) is 0.507. The quantitative estimate of drug-likeness (QED) is 0.630. The van der Waals surface area contributed by atoms with Gasteiger partial charge in [0.25, 0.3) is 0 Å². The fourth-order valence-electron chi connectivity index (χ4n) is 3.89. The molecule has 0 amide bonds. The number of phenolic OH excluding ortho intramolecular Hbond substituents is 1. The number of piperazine rings is 1. The summed E-state index contributed by atoms with van der Waals surface area (Å²) in [7, 11) is 0. The van der Waals surface area contributed by atoms with Gasteiger partial charge in [0.05, 0.1) is 31.9 Å². The number of anilines is 1. The fourth-order valence-corrected chi connectivity index (χ4v) is 3.89. The summed E-state index contributed by atoms with van der Waals surface area (Å²) >= 11 is 0. The number of hydrogen-bond donors (Lipinski definition) is 3. The summed E-state index contributed by atoms with van der Waals surface area (Å²) in [5.41, 5.74) is 2.66. The molecule has 26 heavy (non-hydrogen) atoms. The number of nitrogens with zero attached hydrogens (tertiary/aromatic N) is 1. The molecule has 134 valence electrons. The number of Topliss-reactive ketones (excluding diaryl/α,β-unsaturated/α-hetero) is 1. The van der Waals surface area contributed by atoms with Crippen molar-refractivity contribution in [1.29, 1.82) is 0 Å². The molecule has 5 heteroatoms. The molecular weight excluding hydrogens is 326 g/mol. The maximum Gasteiger partial charge on any atom is 0.221 e. The first kappa shape index (κ1) is 16.7. The monoisotopic (exact) mass is 350 g/mol. The van der Waals surface area contributed by atoms with Crippen LogP contribution in [0.3, 0.4) is 0 Å². The number of para-hydroxylation sites is 3. The highest BCUT2D eigenvalue weighted by atomic mass is 16.3. The molecule has 2 heterocycles. The lowest BCUT2D eigenvalue weighted by atomic mass is 10.0. The number of carbonyl (C=O) groups excluding carboxylic acids is 1. The number of rotatable bonds is 4. The van der Waals surface area contributed by atoms with Crippen molar-refractivity contribution in [2.24, 2.45) is 0 Å². The molecule has 0 radical (unpaired) electrons. The van der Waals surface area contributed by atoms with Crippen molar-refractivity contribution in [3.63, 3.8) is 0 Å². The second-order valence-electron chi connectivity index (χ2n) is 6.97. The Hall–Kier alpha value is -2.79. The zero-order valence-corrected chi connectivity index (χ0v) is 14.9. The van der Waals surface area contributed by atoms with Crippen LogP contribution in [0.4, 0.5) is 5.69 Å². The van der Waals surface area contributed by atoms with Crippen molar-refractivity contribution in [2.45, 2.75) is 13.0 Å². The third kappa shape index (κ3) is 2.95. The average Bonchev–Trinajstić information content (AvgIpc) is 3.11. The number of hydrogen-bond acceptors (Lipinski definition) is 3. The van der Waals surface area contributed by atoms with E-state index in [-0.39, 0.29) is 11.8 Å². The predicted molar refractivity (Wildman–Crippen MR) is 103 cm³/mol. The largest absolute Gasteiger partial charge is 0.506 e. The van der Waals surface area contributed by atoms with Gasteiger partial charge in [0.1, 0.15) is 11.8 Å². The van der Waals surface area contributed by atoms with Crippen molar-refractivity contribution in [3.8, 4) is 5.75 Å². The van der Waals surface area contributed by atoms with Gasteiger partial charge in [-0.25, -0.2) is 0 Å². The molecule has 1 aliphatic heterocycles. The van der Waals surface area contributed by atoms with Crippen LogP contribution in [0, 0.1) is 0 Å².